The van der Waals surface area contributed by atoms with Crippen molar-refractivity contribution in [3.63, 3.8) is 0 Å². The molecular formula is C16H16FN3O2S. The molecule has 0 amide bonds. The maximum absolute atomic E-state index is 13.1. The number of anilines is 1. The number of nitrogens with zero attached hydrogens (tertiary/aromatic N) is 2. The van der Waals surface area contributed by atoms with E-state index in [2.05, 4.69) is 4.99 Å². The fraction of sp³-hybridized carbons (Fsp3) is 0.188. The van der Waals surface area contributed by atoms with Gasteiger partial charge in [0, 0.05) is 17.8 Å². The molecule has 0 saturated carbocycles. The van der Waals surface area contributed by atoms with Crippen LogP contribution >= 0.6 is 0 Å². The largest absolute Gasteiger partial charge is 0.324 e. The second-order valence-electron chi connectivity index (χ2n) is 5.46. The Labute approximate surface area is 134 Å². The monoisotopic (exact) mass is 333 g/mol. The highest BCUT2D eigenvalue weighted by Gasteiger charge is 2.25. The average molecular weight is 333 g/mol. The number of rotatable bonds is 3. The van der Waals surface area contributed by atoms with Crippen molar-refractivity contribution in [3.8, 4) is 0 Å². The van der Waals surface area contributed by atoms with Gasteiger partial charge in [0.15, 0.2) is 0 Å². The summed E-state index contributed by atoms with van der Waals surface area (Å²) >= 11 is 0. The second kappa shape index (κ2) is 5.75. The van der Waals surface area contributed by atoms with Gasteiger partial charge in [-0.3, -0.25) is 4.99 Å². The quantitative estimate of drug-likeness (QED) is 0.935. The molecule has 1 heterocycles. The highest BCUT2D eigenvalue weighted by Crippen LogP contribution is 2.25. The van der Waals surface area contributed by atoms with Crippen LogP contribution in [0.15, 0.2) is 58.4 Å². The molecule has 0 fully saturated rings. The number of hydrogen-bond acceptors (Lipinski definition) is 4. The lowest BCUT2D eigenvalue weighted by Crippen LogP contribution is -2.29. The summed E-state index contributed by atoms with van der Waals surface area (Å²) in [7, 11) is -3.71. The third kappa shape index (κ3) is 3.25. The Hall–Kier alpha value is -2.25. The Balaban J connectivity index is 1.95. The number of benzene rings is 2. The minimum absolute atomic E-state index is 0.0637. The number of halogens is 1. The van der Waals surface area contributed by atoms with Crippen molar-refractivity contribution in [3.05, 3.63) is 59.9 Å². The zero-order valence-corrected chi connectivity index (χ0v) is 13.3. The lowest BCUT2D eigenvalue weighted by molar-refractivity contribution is 0.598. The Morgan fingerprint density at radius 2 is 1.74 bits per heavy atom. The predicted octanol–water partition coefficient (Wildman–Crippen LogP) is 2.13. The summed E-state index contributed by atoms with van der Waals surface area (Å²) in [5.74, 6) is 0.435. The van der Waals surface area contributed by atoms with Crippen LogP contribution in [0.4, 0.5) is 10.1 Å². The van der Waals surface area contributed by atoms with Gasteiger partial charge in [0.05, 0.1) is 10.9 Å². The van der Waals surface area contributed by atoms with Crippen LogP contribution in [-0.2, 0) is 10.0 Å². The van der Waals surface area contributed by atoms with Crippen LogP contribution in [0, 0.1) is 5.82 Å². The lowest BCUT2D eigenvalue weighted by Gasteiger charge is -2.21. The standard InChI is InChI=1S/C16H16FN3O2S/c1-11-10-20(14-6-8-15(9-7-14)23(18,21)22)16(19-11)12-2-4-13(17)5-3-12/h2-9,11H,10H2,1H3,(H2,18,21,22). The molecule has 0 spiro atoms. The fourth-order valence-electron chi connectivity index (χ4n) is 2.54. The van der Waals surface area contributed by atoms with Gasteiger partial charge in [-0.25, -0.2) is 17.9 Å². The van der Waals surface area contributed by atoms with Gasteiger partial charge < -0.3 is 4.90 Å². The number of nitrogens with two attached hydrogens (primary N) is 1. The van der Waals surface area contributed by atoms with E-state index in [9.17, 15) is 12.8 Å². The molecule has 1 aliphatic heterocycles. The maximum Gasteiger partial charge on any atom is 0.238 e. The Morgan fingerprint density at radius 1 is 1.13 bits per heavy atom. The van der Waals surface area contributed by atoms with Crippen LogP contribution in [0.2, 0.25) is 0 Å². The minimum atomic E-state index is -3.71. The first-order chi connectivity index (χ1) is 10.8. The summed E-state index contributed by atoms with van der Waals surface area (Å²) < 4.78 is 35.8. The van der Waals surface area contributed by atoms with E-state index in [4.69, 9.17) is 5.14 Å². The molecule has 0 bridgehead atoms. The highest BCUT2D eigenvalue weighted by atomic mass is 32.2. The third-order valence-electron chi connectivity index (χ3n) is 3.62. The molecule has 2 N–H and O–H groups in total. The normalized spacial score (nSPS) is 18.1. The first kappa shape index (κ1) is 15.6. The molecule has 23 heavy (non-hydrogen) atoms. The first-order valence-electron chi connectivity index (χ1n) is 7.09. The summed E-state index contributed by atoms with van der Waals surface area (Å²) in [6.45, 7) is 2.66. The van der Waals surface area contributed by atoms with E-state index >= 15 is 0 Å². The third-order valence-corrected chi connectivity index (χ3v) is 4.55. The van der Waals surface area contributed by atoms with Crippen LogP contribution in [0.5, 0.6) is 0 Å². The maximum atomic E-state index is 13.1. The molecule has 0 aromatic heterocycles. The van der Waals surface area contributed by atoms with Gasteiger partial charge in [0.2, 0.25) is 10.0 Å². The summed E-state index contributed by atoms with van der Waals surface area (Å²) in [5.41, 5.74) is 1.62. The summed E-state index contributed by atoms with van der Waals surface area (Å²) in [4.78, 5) is 6.64. The van der Waals surface area contributed by atoms with Crippen molar-refractivity contribution >= 4 is 21.5 Å². The van der Waals surface area contributed by atoms with Crippen molar-refractivity contribution in [2.24, 2.45) is 10.1 Å². The van der Waals surface area contributed by atoms with Gasteiger partial charge in [-0.1, -0.05) is 0 Å². The van der Waals surface area contributed by atoms with Gasteiger partial charge >= 0.3 is 0 Å². The van der Waals surface area contributed by atoms with Crippen LogP contribution in [0.3, 0.4) is 0 Å². The molecule has 1 unspecified atom stereocenters. The number of sulfonamides is 1. The lowest BCUT2D eigenvalue weighted by atomic mass is 10.1. The zero-order valence-electron chi connectivity index (χ0n) is 12.5. The Kier molecular flexibility index (Phi) is 3.91. The number of hydrogen-bond donors (Lipinski definition) is 1. The molecule has 2 aromatic carbocycles. The number of primary sulfonamides is 1. The second-order valence-corrected chi connectivity index (χ2v) is 7.02. The van der Waals surface area contributed by atoms with E-state index in [1.54, 1.807) is 24.3 Å². The van der Waals surface area contributed by atoms with E-state index < -0.39 is 10.0 Å². The van der Waals surface area contributed by atoms with Crippen molar-refractivity contribution in [2.75, 3.05) is 11.4 Å². The molecule has 0 radical (unpaired) electrons. The molecule has 5 nitrogen and oxygen atoms in total. The molecule has 7 heteroatoms. The number of aliphatic imine (C=N–C) groups is 1. The van der Waals surface area contributed by atoms with Crippen LogP contribution in [0.1, 0.15) is 12.5 Å². The highest BCUT2D eigenvalue weighted by molar-refractivity contribution is 7.89. The van der Waals surface area contributed by atoms with Crippen LogP contribution in [0.25, 0.3) is 0 Å². The van der Waals surface area contributed by atoms with Gasteiger partial charge in [0.1, 0.15) is 11.7 Å². The molecule has 3 rings (SSSR count). The van der Waals surface area contributed by atoms with E-state index in [0.29, 0.717) is 6.54 Å². The van der Waals surface area contributed by atoms with Gasteiger partial charge in [-0.05, 0) is 55.5 Å². The van der Waals surface area contributed by atoms with Gasteiger partial charge in [-0.15, -0.1) is 0 Å². The van der Waals surface area contributed by atoms with Crippen LogP contribution in [-0.4, -0.2) is 26.8 Å². The molecule has 0 saturated heterocycles. The summed E-state index contributed by atoms with van der Waals surface area (Å²) in [6, 6.07) is 12.6. The van der Waals surface area contributed by atoms with Gasteiger partial charge in [-0.2, -0.15) is 0 Å². The predicted molar refractivity (Wildman–Crippen MR) is 87.6 cm³/mol. The Bertz CT molecular complexity index is 846. The zero-order chi connectivity index (χ0) is 16.6. The van der Waals surface area contributed by atoms with E-state index in [1.807, 2.05) is 11.8 Å². The SMILES string of the molecule is CC1CN(c2ccc(S(N)(=O)=O)cc2)C(c2ccc(F)cc2)=N1. The molecule has 1 atom stereocenters. The van der Waals surface area contributed by atoms with Crippen LogP contribution < -0.4 is 10.0 Å². The van der Waals surface area contributed by atoms with Crippen molar-refractivity contribution < 1.29 is 12.8 Å². The smallest absolute Gasteiger partial charge is 0.238 e. The average Bonchev–Trinajstić information content (AvgIpc) is 2.89. The van der Waals surface area contributed by atoms with E-state index in [1.165, 1.54) is 24.3 Å². The number of amidine groups is 1. The Morgan fingerprint density at radius 3 is 2.30 bits per heavy atom. The topological polar surface area (TPSA) is 75.8 Å². The van der Waals surface area contributed by atoms with Crippen molar-refractivity contribution in [1.29, 1.82) is 0 Å². The molecule has 2 aromatic rings. The molecule has 0 aliphatic carbocycles. The van der Waals surface area contributed by atoms with Gasteiger partial charge in [0.25, 0.3) is 0 Å². The van der Waals surface area contributed by atoms with E-state index in [-0.39, 0.29) is 16.8 Å². The fourth-order valence-corrected chi connectivity index (χ4v) is 3.06. The molecular weight excluding hydrogens is 317 g/mol. The molecule has 120 valence electrons. The summed E-state index contributed by atoms with van der Waals surface area (Å²) in [6.07, 6.45) is 0. The van der Waals surface area contributed by atoms with E-state index in [0.717, 1.165) is 17.1 Å². The van der Waals surface area contributed by atoms with Crippen molar-refractivity contribution in [1.82, 2.24) is 0 Å². The minimum Gasteiger partial charge on any atom is -0.324 e. The first-order valence-corrected chi connectivity index (χ1v) is 8.63. The molecule has 1 aliphatic rings. The summed E-state index contributed by atoms with van der Waals surface area (Å²) in [5, 5.41) is 5.11. The van der Waals surface area contributed by atoms with Crippen molar-refractivity contribution in [2.45, 2.75) is 17.9 Å².